The quantitative estimate of drug-likeness (QED) is 0.841. The number of likely N-dealkylation sites (tertiary alicyclic amines) is 1. The van der Waals surface area contributed by atoms with E-state index in [9.17, 15) is 9.59 Å². The van der Waals surface area contributed by atoms with E-state index in [4.69, 9.17) is 21.4 Å². The number of carbonyl (C=O) groups excluding carboxylic acids is 1. The van der Waals surface area contributed by atoms with Crippen molar-refractivity contribution in [1.29, 1.82) is 0 Å². The third-order valence-corrected chi connectivity index (χ3v) is 5.83. The maximum atomic E-state index is 12.6. The standard InChI is InChI=1S/C19H25ClN2O4/c20-16-3-1-2-15(12-16)19(6-10-26-11-7-19)13-21-18(25)22-8-4-14(5-9-22)17(23)24/h1-3,12,14H,4-11,13H2,(H,21,25)(H,23,24). The first kappa shape index (κ1) is 19.0. The number of nitrogens with zero attached hydrogens (tertiary/aromatic N) is 1. The van der Waals surface area contributed by atoms with E-state index >= 15 is 0 Å². The molecule has 0 aromatic heterocycles. The Labute approximate surface area is 158 Å². The molecule has 2 N–H and O–H groups in total. The Morgan fingerprint density at radius 1 is 1.27 bits per heavy atom. The third-order valence-electron chi connectivity index (χ3n) is 5.60. The van der Waals surface area contributed by atoms with Gasteiger partial charge in [0.15, 0.2) is 0 Å². The van der Waals surface area contributed by atoms with Crippen LogP contribution in [0.15, 0.2) is 24.3 Å². The molecule has 2 saturated heterocycles. The molecule has 0 unspecified atom stereocenters. The minimum absolute atomic E-state index is 0.123. The van der Waals surface area contributed by atoms with Crippen molar-refractivity contribution in [2.24, 2.45) is 5.92 Å². The van der Waals surface area contributed by atoms with E-state index in [1.807, 2.05) is 18.2 Å². The molecule has 0 saturated carbocycles. The fourth-order valence-corrected chi connectivity index (χ4v) is 4.02. The lowest BCUT2D eigenvalue weighted by Gasteiger charge is -2.39. The Kier molecular flexibility index (Phi) is 6.04. The summed E-state index contributed by atoms with van der Waals surface area (Å²) >= 11 is 6.17. The van der Waals surface area contributed by atoms with Gasteiger partial charge in [-0.2, -0.15) is 0 Å². The third kappa shape index (κ3) is 4.30. The highest BCUT2D eigenvalue weighted by atomic mass is 35.5. The van der Waals surface area contributed by atoms with Crippen molar-refractivity contribution in [1.82, 2.24) is 10.2 Å². The first-order valence-electron chi connectivity index (χ1n) is 9.10. The van der Waals surface area contributed by atoms with Crippen LogP contribution >= 0.6 is 11.6 Å². The minimum Gasteiger partial charge on any atom is -0.481 e. The summed E-state index contributed by atoms with van der Waals surface area (Å²) < 4.78 is 5.52. The molecule has 2 aliphatic rings. The van der Waals surface area contributed by atoms with Crippen LogP contribution in [0.25, 0.3) is 0 Å². The van der Waals surface area contributed by atoms with Crippen LogP contribution < -0.4 is 5.32 Å². The zero-order valence-corrected chi connectivity index (χ0v) is 15.5. The van der Waals surface area contributed by atoms with Gasteiger partial charge in [-0.25, -0.2) is 4.79 Å². The number of rotatable bonds is 4. The highest BCUT2D eigenvalue weighted by Crippen LogP contribution is 2.35. The summed E-state index contributed by atoms with van der Waals surface area (Å²) in [5.41, 5.74) is 0.941. The van der Waals surface area contributed by atoms with Crippen LogP contribution in [-0.2, 0) is 14.9 Å². The van der Waals surface area contributed by atoms with Crippen LogP contribution in [0, 0.1) is 5.92 Å². The van der Waals surface area contributed by atoms with E-state index in [-0.39, 0.29) is 17.4 Å². The van der Waals surface area contributed by atoms with Gasteiger partial charge in [0, 0.05) is 43.3 Å². The van der Waals surface area contributed by atoms with Crippen LogP contribution in [-0.4, -0.2) is 54.9 Å². The van der Waals surface area contributed by atoms with E-state index < -0.39 is 5.97 Å². The number of benzene rings is 1. The van der Waals surface area contributed by atoms with Gasteiger partial charge in [-0.3, -0.25) is 4.79 Å². The highest BCUT2D eigenvalue weighted by molar-refractivity contribution is 6.30. The summed E-state index contributed by atoms with van der Waals surface area (Å²) in [6.45, 7) is 2.80. The zero-order chi connectivity index (χ0) is 18.6. The molecule has 142 valence electrons. The first-order chi connectivity index (χ1) is 12.5. The number of carboxylic acid groups (broad SMARTS) is 1. The second kappa shape index (κ2) is 8.27. The number of carboxylic acids is 1. The lowest BCUT2D eigenvalue weighted by Crippen LogP contribution is -2.50. The van der Waals surface area contributed by atoms with Crippen LogP contribution in [0.3, 0.4) is 0 Å². The number of amides is 2. The van der Waals surface area contributed by atoms with Gasteiger partial charge in [0.05, 0.1) is 5.92 Å². The SMILES string of the molecule is O=C(O)C1CCN(C(=O)NCC2(c3cccc(Cl)c3)CCOCC2)CC1. The van der Waals surface area contributed by atoms with E-state index in [0.29, 0.717) is 50.7 Å². The fourth-order valence-electron chi connectivity index (χ4n) is 3.83. The fraction of sp³-hybridized carbons (Fsp3) is 0.579. The topological polar surface area (TPSA) is 78.9 Å². The predicted molar refractivity (Wildman–Crippen MR) is 98.5 cm³/mol. The van der Waals surface area contributed by atoms with Crippen molar-refractivity contribution in [3.63, 3.8) is 0 Å². The van der Waals surface area contributed by atoms with E-state index in [1.54, 1.807) is 4.90 Å². The number of aliphatic carboxylic acids is 1. The van der Waals surface area contributed by atoms with Gasteiger partial charge >= 0.3 is 12.0 Å². The van der Waals surface area contributed by atoms with E-state index in [1.165, 1.54) is 0 Å². The van der Waals surface area contributed by atoms with Gasteiger partial charge in [-0.05, 0) is 43.4 Å². The second-order valence-corrected chi connectivity index (χ2v) is 7.60. The molecule has 0 atom stereocenters. The van der Waals surface area contributed by atoms with Crippen LogP contribution in [0.4, 0.5) is 4.79 Å². The number of nitrogens with one attached hydrogen (secondary N) is 1. The van der Waals surface area contributed by atoms with E-state index in [0.717, 1.165) is 18.4 Å². The van der Waals surface area contributed by atoms with Crippen molar-refractivity contribution >= 4 is 23.6 Å². The van der Waals surface area contributed by atoms with Crippen molar-refractivity contribution < 1.29 is 19.4 Å². The first-order valence-corrected chi connectivity index (χ1v) is 9.47. The molecule has 0 bridgehead atoms. The Balaban J connectivity index is 1.63. The Hall–Kier alpha value is -1.79. The van der Waals surface area contributed by atoms with Gasteiger partial charge in [-0.15, -0.1) is 0 Å². The molecule has 1 aromatic carbocycles. The summed E-state index contributed by atoms with van der Waals surface area (Å²) in [7, 11) is 0. The molecular formula is C19H25ClN2O4. The summed E-state index contributed by atoms with van der Waals surface area (Å²) in [4.78, 5) is 25.3. The lowest BCUT2D eigenvalue weighted by molar-refractivity contribution is -0.143. The number of urea groups is 1. The number of ether oxygens (including phenoxy) is 1. The lowest BCUT2D eigenvalue weighted by atomic mass is 9.74. The average Bonchev–Trinajstić information content (AvgIpc) is 2.67. The van der Waals surface area contributed by atoms with Crippen molar-refractivity contribution in [2.45, 2.75) is 31.1 Å². The average molecular weight is 381 g/mol. The Bertz CT molecular complexity index is 653. The molecule has 0 radical (unpaired) electrons. The normalized spacial score (nSPS) is 20.6. The molecule has 2 amide bonds. The van der Waals surface area contributed by atoms with Crippen LogP contribution in [0.1, 0.15) is 31.2 Å². The van der Waals surface area contributed by atoms with Crippen LogP contribution in [0.2, 0.25) is 5.02 Å². The van der Waals surface area contributed by atoms with E-state index in [2.05, 4.69) is 11.4 Å². The monoisotopic (exact) mass is 380 g/mol. The summed E-state index contributed by atoms with van der Waals surface area (Å²) in [5.74, 6) is -1.11. The Morgan fingerprint density at radius 3 is 2.58 bits per heavy atom. The maximum Gasteiger partial charge on any atom is 0.317 e. The molecule has 2 fully saturated rings. The van der Waals surface area contributed by atoms with Gasteiger partial charge in [0.1, 0.15) is 0 Å². The number of piperidine rings is 1. The van der Waals surface area contributed by atoms with Gasteiger partial charge < -0.3 is 20.1 Å². The summed E-state index contributed by atoms with van der Waals surface area (Å²) in [6, 6.07) is 7.69. The van der Waals surface area contributed by atoms with Crippen molar-refractivity contribution in [3.05, 3.63) is 34.9 Å². The number of carbonyl (C=O) groups is 2. The molecule has 3 rings (SSSR count). The summed E-state index contributed by atoms with van der Waals surface area (Å²) in [6.07, 6.45) is 2.68. The smallest absolute Gasteiger partial charge is 0.317 e. The van der Waals surface area contributed by atoms with Crippen LogP contribution in [0.5, 0.6) is 0 Å². The molecule has 2 aliphatic heterocycles. The predicted octanol–water partition coefficient (Wildman–Crippen LogP) is 2.89. The molecule has 6 nitrogen and oxygen atoms in total. The van der Waals surface area contributed by atoms with Gasteiger partial charge in [0.2, 0.25) is 0 Å². The number of hydrogen-bond donors (Lipinski definition) is 2. The summed E-state index contributed by atoms with van der Waals surface area (Å²) in [5, 5.41) is 12.8. The van der Waals surface area contributed by atoms with Gasteiger partial charge in [0.25, 0.3) is 0 Å². The zero-order valence-electron chi connectivity index (χ0n) is 14.7. The molecule has 2 heterocycles. The van der Waals surface area contributed by atoms with Crippen molar-refractivity contribution in [3.8, 4) is 0 Å². The minimum atomic E-state index is -0.771. The maximum absolute atomic E-state index is 12.6. The van der Waals surface area contributed by atoms with Crippen molar-refractivity contribution in [2.75, 3.05) is 32.8 Å². The highest BCUT2D eigenvalue weighted by Gasteiger charge is 2.36. The molecule has 0 aliphatic carbocycles. The molecule has 0 spiro atoms. The number of halogens is 1. The largest absolute Gasteiger partial charge is 0.481 e. The molecular weight excluding hydrogens is 356 g/mol. The Morgan fingerprint density at radius 2 is 1.96 bits per heavy atom. The number of hydrogen-bond acceptors (Lipinski definition) is 3. The molecule has 7 heteroatoms. The second-order valence-electron chi connectivity index (χ2n) is 7.16. The van der Waals surface area contributed by atoms with Gasteiger partial charge in [-0.1, -0.05) is 23.7 Å². The molecule has 26 heavy (non-hydrogen) atoms. The molecule has 1 aromatic rings.